The number of amides is 1. The average Bonchev–Trinajstić information content (AvgIpc) is 3.17. The van der Waals surface area contributed by atoms with Gasteiger partial charge in [-0.3, -0.25) is 4.79 Å². The molecule has 1 aliphatic heterocycles. The zero-order valence-electron chi connectivity index (χ0n) is 16.6. The summed E-state index contributed by atoms with van der Waals surface area (Å²) in [5.41, 5.74) is 3.64. The molecule has 146 valence electrons. The standard InChI is InChI=1S/C24H29N3O/c1-2-24(28)27(20-8-4-3-5-9-20)21-13-16-26(17-14-21)15-12-19-18-25-23-11-7-6-10-22(19)23/h3-11,18,21,25H,2,12-17H2,1H3. The fourth-order valence-electron chi connectivity index (χ4n) is 4.34. The first-order valence-electron chi connectivity index (χ1n) is 10.4. The number of para-hydroxylation sites is 2. The average molecular weight is 376 g/mol. The molecule has 0 atom stereocenters. The molecule has 4 heteroatoms. The summed E-state index contributed by atoms with van der Waals surface area (Å²) in [5.74, 6) is 0.225. The maximum atomic E-state index is 12.6. The number of piperidine rings is 1. The van der Waals surface area contributed by atoms with Crippen LogP contribution in [0.3, 0.4) is 0 Å². The van der Waals surface area contributed by atoms with Crippen molar-refractivity contribution in [3.63, 3.8) is 0 Å². The third-order valence-electron chi connectivity index (χ3n) is 5.90. The monoisotopic (exact) mass is 375 g/mol. The molecule has 3 aromatic rings. The first kappa shape index (κ1) is 18.8. The molecule has 1 N–H and O–H groups in total. The van der Waals surface area contributed by atoms with Crippen LogP contribution in [-0.2, 0) is 11.2 Å². The molecule has 1 aromatic heterocycles. The van der Waals surface area contributed by atoms with Crippen molar-refractivity contribution >= 4 is 22.5 Å². The van der Waals surface area contributed by atoms with Gasteiger partial charge in [-0.25, -0.2) is 0 Å². The molecule has 1 aliphatic rings. The molecule has 1 amide bonds. The Kier molecular flexibility index (Phi) is 5.77. The zero-order valence-corrected chi connectivity index (χ0v) is 16.6. The Bertz CT molecular complexity index is 910. The fraction of sp³-hybridized carbons (Fsp3) is 0.375. The van der Waals surface area contributed by atoms with Crippen molar-refractivity contribution in [2.45, 2.75) is 38.6 Å². The summed E-state index contributed by atoms with van der Waals surface area (Å²) in [6.45, 7) is 5.12. The van der Waals surface area contributed by atoms with Gasteiger partial charge in [0.15, 0.2) is 0 Å². The van der Waals surface area contributed by atoms with Crippen molar-refractivity contribution in [2.75, 3.05) is 24.5 Å². The number of benzene rings is 2. The number of hydrogen-bond acceptors (Lipinski definition) is 2. The molecule has 0 spiro atoms. The number of fused-ring (bicyclic) bond motifs is 1. The molecule has 28 heavy (non-hydrogen) atoms. The van der Waals surface area contributed by atoms with Gasteiger partial charge in [0, 0.05) is 54.9 Å². The molecule has 0 saturated carbocycles. The van der Waals surface area contributed by atoms with Gasteiger partial charge in [0.2, 0.25) is 5.91 Å². The zero-order chi connectivity index (χ0) is 19.3. The molecule has 4 rings (SSSR count). The van der Waals surface area contributed by atoms with E-state index in [9.17, 15) is 4.79 Å². The van der Waals surface area contributed by atoms with Crippen molar-refractivity contribution < 1.29 is 4.79 Å². The molecule has 0 aliphatic carbocycles. The van der Waals surface area contributed by atoms with E-state index in [2.05, 4.69) is 52.5 Å². The van der Waals surface area contributed by atoms with Crippen LogP contribution in [0.4, 0.5) is 5.69 Å². The fourth-order valence-corrected chi connectivity index (χ4v) is 4.34. The van der Waals surface area contributed by atoms with Gasteiger partial charge >= 0.3 is 0 Å². The van der Waals surface area contributed by atoms with Gasteiger partial charge in [0.25, 0.3) is 0 Å². The van der Waals surface area contributed by atoms with Crippen LogP contribution in [0.25, 0.3) is 10.9 Å². The molecule has 2 aromatic carbocycles. The second-order valence-electron chi connectivity index (χ2n) is 7.64. The number of carbonyl (C=O) groups excluding carboxylic acids is 1. The van der Waals surface area contributed by atoms with E-state index in [0.717, 1.165) is 44.6 Å². The lowest BCUT2D eigenvalue weighted by molar-refractivity contribution is -0.119. The third kappa shape index (κ3) is 3.97. The predicted octanol–water partition coefficient (Wildman–Crippen LogP) is 4.62. The van der Waals surface area contributed by atoms with E-state index < -0.39 is 0 Å². The molecule has 1 fully saturated rings. The molecular formula is C24H29N3O. The van der Waals surface area contributed by atoms with Crippen molar-refractivity contribution in [3.8, 4) is 0 Å². The Morgan fingerprint density at radius 3 is 2.54 bits per heavy atom. The van der Waals surface area contributed by atoms with Crippen molar-refractivity contribution in [2.24, 2.45) is 0 Å². The maximum absolute atomic E-state index is 12.6. The summed E-state index contributed by atoms with van der Waals surface area (Å²) in [5, 5.41) is 1.33. The summed E-state index contributed by atoms with van der Waals surface area (Å²) >= 11 is 0. The Morgan fingerprint density at radius 2 is 1.79 bits per heavy atom. The highest BCUT2D eigenvalue weighted by Gasteiger charge is 2.28. The lowest BCUT2D eigenvalue weighted by Gasteiger charge is -2.38. The second kappa shape index (κ2) is 8.61. The number of nitrogens with one attached hydrogen (secondary N) is 1. The largest absolute Gasteiger partial charge is 0.361 e. The van der Waals surface area contributed by atoms with E-state index in [-0.39, 0.29) is 5.91 Å². The van der Waals surface area contributed by atoms with Gasteiger partial charge in [0.05, 0.1) is 0 Å². The highest BCUT2D eigenvalue weighted by molar-refractivity contribution is 5.93. The van der Waals surface area contributed by atoms with Crippen molar-refractivity contribution in [1.82, 2.24) is 9.88 Å². The van der Waals surface area contributed by atoms with E-state index >= 15 is 0 Å². The third-order valence-corrected chi connectivity index (χ3v) is 5.90. The van der Waals surface area contributed by atoms with Crippen molar-refractivity contribution in [3.05, 3.63) is 66.4 Å². The Balaban J connectivity index is 1.36. The van der Waals surface area contributed by atoms with Crippen LogP contribution in [0.5, 0.6) is 0 Å². The molecular weight excluding hydrogens is 346 g/mol. The minimum Gasteiger partial charge on any atom is -0.361 e. The lowest BCUT2D eigenvalue weighted by Crippen LogP contribution is -2.47. The van der Waals surface area contributed by atoms with Crippen LogP contribution in [0.2, 0.25) is 0 Å². The van der Waals surface area contributed by atoms with E-state index in [1.807, 2.05) is 30.0 Å². The minimum absolute atomic E-state index is 0.225. The van der Waals surface area contributed by atoms with Gasteiger partial charge in [0.1, 0.15) is 0 Å². The number of anilines is 1. The van der Waals surface area contributed by atoms with E-state index in [4.69, 9.17) is 0 Å². The highest BCUT2D eigenvalue weighted by atomic mass is 16.2. The lowest BCUT2D eigenvalue weighted by atomic mass is 10.0. The first-order valence-corrected chi connectivity index (χ1v) is 10.4. The van der Waals surface area contributed by atoms with Gasteiger partial charge in [-0.2, -0.15) is 0 Å². The van der Waals surface area contributed by atoms with Gasteiger partial charge in [-0.05, 0) is 43.0 Å². The van der Waals surface area contributed by atoms with Crippen LogP contribution >= 0.6 is 0 Å². The van der Waals surface area contributed by atoms with Crippen LogP contribution in [0.1, 0.15) is 31.7 Å². The minimum atomic E-state index is 0.225. The summed E-state index contributed by atoms with van der Waals surface area (Å²) < 4.78 is 0. The van der Waals surface area contributed by atoms with Crippen LogP contribution in [0, 0.1) is 0 Å². The number of aromatic nitrogens is 1. The van der Waals surface area contributed by atoms with E-state index in [1.54, 1.807) is 0 Å². The molecule has 2 heterocycles. The van der Waals surface area contributed by atoms with Crippen molar-refractivity contribution in [1.29, 1.82) is 0 Å². The second-order valence-corrected chi connectivity index (χ2v) is 7.64. The summed E-state index contributed by atoms with van der Waals surface area (Å²) in [7, 11) is 0. The summed E-state index contributed by atoms with van der Waals surface area (Å²) in [4.78, 5) is 20.6. The van der Waals surface area contributed by atoms with Crippen LogP contribution in [0.15, 0.2) is 60.8 Å². The van der Waals surface area contributed by atoms with Crippen LogP contribution in [-0.4, -0.2) is 41.5 Å². The normalized spacial score (nSPS) is 15.8. The highest BCUT2D eigenvalue weighted by Crippen LogP contribution is 2.25. The smallest absolute Gasteiger partial charge is 0.226 e. The number of aromatic amines is 1. The van der Waals surface area contributed by atoms with E-state index in [0.29, 0.717) is 12.5 Å². The Labute approximate surface area is 167 Å². The SMILES string of the molecule is CCC(=O)N(c1ccccc1)C1CCN(CCc2c[nH]c3ccccc23)CC1. The number of rotatable bonds is 6. The molecule has 4 nitrogen and oxygen atoms in total. The number of carbonyl (C=O) groups is 1. The Hall–Kier alpha value is -2.59. The molecule has 0 unspecified atom stereocenters. The van der Waals surface area contributed by atoms with Crippen LogP contribution < -0.4 is 4.90 Å². The number of nitrogens with zero attached hydrogens (tertiary/aromatic N) is 2. The summed E-state index contributed by atoms with van der Waals surface area (Å²) in [6.07, 6.45) is 5.83. The topological polar surface area (TPSA) is 39.3 Å². The summed E-state index contributed by atoms with van der Waals surface area (Å²) in [6, 6.07) is 19.0. The Morgan fingerprint density at radius 1 is 1.07 bits per heavy atom. The first-order chi connectivity index (χ1) is 13.8. The van der Waals surface area contributed by atoms with Gasteiger partial charge < -0.3 is 14.8 Å². The number of likely N-dealkylation sites (tertiary alicyclic amines) is 1. The van der Waals surface area contributed by atoms with Gasteiger partial charge in [-0.15, -0.1) is 0 Å². The quantitative estimate of drug-likeness (QED) is 0.683. The predicted molar refractivity (Wildman–Crippen MR) is 116 cm³/mol. The molecule has 0 bridgehead atoms. The van der Waals surface area contributed by atoms with E-state index in [1.165, 1.54) is 16.5 Å². The molecule has 1 saturated heterocycles. The van der Waals surface area contributed by atoms with Gasteiger partial charge in [-0.1, -0.05) is 43.3 Å². The molecule has 0 radical (unpaired) electrons. The number of H-pyrrole nitrogens is 1. The number of hydrogen-bond donors (Lipinski definition) is 1. The maximum Gasteiger partial charge on any atom is 0.226 e.